The zero-order chi connectivity index (χ0) is 24.1. The van der Waals surface area contributed by atoms with Gasteiger partial charge in [-0.1, -0.05) is 35.5 Å². The zero-order valence-electron chi connectivity index (χ0n) is 19.6. The molecule has 2 amide bonds. The van der Waals surface area contributed by atoms with Crippen LogP contribution in [0.4, 0.5) is 11.4 Å². The van der Waals surface area contributed by atoms with E-state index in [2.05, 4.69) is 39.3 Å². The standard InChI is InChI=1S/C25H28N6O3/c1-4-30(5-2)19-11-12-20(17(3)15-19)26-22(32)16-31-23(33)14-13-21(28-31)25-27-24(29-34-25)18-9-7-6-8-10-18/h6-12,15H,4-5,13-14,16H2,1-3H3,(H,26,32). The minimum Gasteiger partial charge on any atom is -0.372 e. The fraction of sp³-hybridized carbons (Fsp3) is 0.320. The average molecular weight is 461 g/mol. The second kappa shape index (κ2) is 10.3. The molecule has 1 aliphatic heterocycles. The number of rotatable bonds is 8. The third kappa shape index (κ3) is 5.14. The maximum absolute atomic E-state index is 12.7. The number of benzene rings is 2. The lowest BCUT2D eigenvalue weighted by atomic mass is 10.1. The molecule has 2 aromatic carbocycles. The molecule has 176 valence electrons. The van der Waals surface area contributed by atoms with Crippen LogP contribution in [0.3, 0.4) is 0 Å². The van der Waals surface area contributed by atoms with Crippen molar-refractivity contribution >= 4 is 28.9 Å². The predicted molar refractivity (Wildman–Crippen MR) is 131 cm³/mol. The van der Waals surface area contributed by atoms with E-state index in [1.807, 2.05) is 55.5 Å². The van der Waals surface area contributed by atoms with Crippen LogP contribution in [0.5, 0.6) is 0 Å². The highest BCUT2D eigenvalue weighted by Crippen LogP contribution is 2.23. The first-order valence-electron chi connectivity index (χ1n) is 11.4. The topological polar surface area (TPSA) is 104 Å². The molecule has 0 saturated carbocycles. The van der Waals surface area contributed by atoms with Crippen molar-refractivity contribution < 1.29 is 14.1 Å². The maximum Gasteiger partial charge on any atom is 0.274 e. The number of nitrogens with one attached hydrogen (secondary N) is 1. The first kappa shape index (κ1) is 23.2. The molecule has 0 unspecified atom stereocenters. The van der Waals surface area contributed by atoms with Crippen molar-refractivity contribution in [2.45, 2.75) is 33.6 Å². The number of amides is 2. The van der Waals surface area contributed by atoms with E-state index >= 15 is 0 Å². The van der Waals surface area contributed by atoms with Crippen molar-refractivity contribution in [3.05, 3.63) is 60.0 Å². The monoisotopic (exact) mass is 460 g/mol. The molecular formula is C25H28N6O3. The number of carbonyl (C=O) groups excluding carboxylic acids is 2. The third-order valence-electron chi connectivity index (χ3n) is 5.72. The van der Waals surface area contributed by atoms with Crippen LogP contribution in [0, 0.1) is 6.92 Å². The Bertz CT molecular complexity index is 1200. The second-order valence-electron chi connectivity index (χ2n) is 8.01. The lowest BCUT2D eigenvalue weighted by Crippen LogP contribution is -2.38. The summed E-state index contributed by atoms with van der Waals surface area (Å²) in [5.41, 5.74) is 4.08. The smallest absolute Gasteiger partial charge is 0.274 e. The number of hydrazone groups is 1. The lowest BCUT2D eigenvalue weighted by Gasteiger charge is -2.23. The third-order valence-corrected chi connectivity index (χ3v) is 5.72. The summed E-state index contributed by atoms with van der Waals surface area (Å²) < 4.78 is 5.37. The molecule has 0 spiro atoms. The number of carbonyl (C=O) groups is 2. The number of hydrogen-bond acceptors (Lipinski definition) is 7. The summed E-state index contributed by atoms with van der Waals surface area (Å²) in [4.78, 5) is 31.8. The van der Waals surface area contributed by atoms with Crippen LogP contribution in [0.1, 0.15) is 38.1 Å². The normalized spacial score (nSPS) is 13.6. The van der Waals surface area contributed by atoms with Crippen LogP contribution in [0.15, 0.2) is 58.2 Å². The van der Waals surface area contributed by atoms with Crippen LogP contribution in [0.2, 0.25) is 0 Å². The van der Waals surface area contributed by atoms with Crippen molar-refractivity contribution in [2.24, 2.45) is 5.10 Å². The molecule has 1 aliphatic rings. The Kier molecular flexibility index (Phi) is 7.01. The first-order chi connectivity index (χ1) is 16.5. The van der Waals surface area contributed by atoms with Gasteiger partial charge in [-0.15, -0.1) is 0 Å². The second-order valence-corrected chi connectivity index (χ2v) is 8.01. The molecule has 34 heavy (non-hydrogen) atoms. The molecule has 0 radical (unpaired) electrons. The predicted octanol–water partition coefficient (Wildman–Crippen LogP) is 3.86. The van der Waals surface area contributed by atoms with Gasteiger partial charge in [-0.05, 0) is 44.5 Å². The Morgan fingerprint density at radius 2 is 1.88 bits per heavy atom. The Balaban J connectivity index is 1.45. The van der Waals surface area contributed by atoms with Gasteiger partial charge >= 0.3 is 0 Å². The van der Waals surface area contributed by atoms with E-state index in [-0.39, 0.29) is 30.7 Å². The lowest BCUT2D eigenvalue weighted by molar-refractivity contribution is -0.135. The average Bonchev–Trinajstić information content (AvgIpc) is 3.34. The van der Waals surface area contributed by atoms with Crippen molar-refractivity contribution in [1.29, 1.82) is 0 Å². The Morgan fingerprint density at radius 1 is 1.12 bits per heavy atom. The summed E-state index contributed by atoms with van der Waals surface area (Å²) in [5.74, 6) is 0.144. The Morgan fingerprint density at radius 3 is 2.59 bits per heavy atom. The van der Waals surface area contributed by atoms with Crippen LogP contribution < -0.4 is 10.2 Å². The van der Waals surface area contributed by atoms with Crippen LogP contribution in [0.25, 0.3) is 11.4 Å². The largest absolute Gasteiger partial charge is 0.372 e. The molecule has 3 aromatic rings. The molecule has 9 heteroatoms. The molecule has 1 aromatic heterocycles. The summed E-state index contributed by atoms with van der Waals surface area (Å²) in [7, 11) is 0. The quantitative estimate of drug-likeness (QED) is 0.548. The van der Waals surface area contributed by atoms with E-state index in [0.29, 0.717) is 23.6 Å². The summed E-state index contributed by atoms with van der Waals surface area (Å²) in [6.45, 7) is 7.79. The SMILES string of the molecule is CCN(CC)c1ccc(NC(=O)CN2N=C(c3nc(-c4ccccc4)no3)CCC2=O)c(C)c1. The minimum atomic E-state index is -0.326. The van der Waals surface area contributed by atoms with E-state index in [1.54, 1.807) is 0 Å². The molecule has 0 fully saturated rings. The Labute approximate surface area is 198 Å². The van der Waals surface area contributed by atoms with Crippen LogP contribution in [-0.2, 0) is 9.59 Å². The Hall–Kier alpha value is -4.01. The molecular weight excluding hydrogens is 432 g/mol. The molecule has 0 aliphatic carbocycles. The number of aromatic nitrogens is 2. The van der Waals surface area contributed by atoms with Crippen molar-refractivity contribution in [3.8, 4) is 11.4 Å². The zero-order valence-corrected chi connectivity index (χ0v) is 19.6. The highest BCUT2D eigenvalue weighted by Gasteiger charge is 2.26. The van der Waals surface area contributed by atoms with Gasteiger partial charge in [0.15, 0.2) is 0 Å². The van der Waals surface area contributed by atoms with Gasteiger partial charge in [-0.25, -0.2) is 5.01 Å². The van der Waals surface area contributed by atoms with E-state index in [4.69, 9.17) is 4.52 Å². The van der Waals surface area contributed by atoms with Crippen molar-refractivity contribution in [1.82, 2.24) is 15.1 Å². The van der Waals surface area contributed by atoms with E-state index < -0.39 is 0 Å². The van der Waals surface area contributed by atoms with Gasteiger partial charge in [0.05, 0.1) is 0 Å². The van der Waals surface area contributed by atoms with Gasteiger partial charge in [-0.2, -0.15) is 10.1 Å². The van der Waals surface area contributed by atoms with E-state index in [9.17, 15) is 9.59 Å². The summed E-state index contributed by atoms with van der Waals surface area (Å²) in [6.07, 6.45) is 0.589. The number of anilines is 2. The fourth-order valence-electron chi connectivity index (χ4n) is 3.82. The molecule has 2 heterocycles. The molecule has 0 bridgehead atoms. The van der Waals surface area contributed by atoms with Gasteiger partial charge in [0, 0.05) is 42.9 Å². The van der Waals surface area contributed by atoms with Gasteiger partial charge in [0.1, 0.15) is 12.3 Å². The number of aryl methyl sites for hydroxylation is 1. The van der Waals surface area contributed by atoms with Gasteiger partial charge in [-0.3, -0.25) is 9.59 Å². The van der Waals surface area contributed by atoms with Crippen molar-refractivity contribution in [3.63, 3.8) is 0 Å². The molecule has 9 nitrogen and oxygen atoms in total. The van der Waals surface area contributed by atoms with Crippen molar-refractivity contribution in [2.75, 3.05) is 29.9 Å². The van der Waals surface area contributed by atoms with Crippen LogP contribution in [-0.4, -0.2) is 52.3 Å². The van der Waals surface area contributed by atoms with Gasteiger partial charge in [0.25, 0.3) is 5.89 Å². The number of nitrogens with zero attached hydrogens (tertiary/aromatic N) is 5. The first-order valence-corrected chi connectivity index (χ1v) is 11.4. The highest BCUT2D eigenvalue weighted by molar-refractivity contribution is 6.02. The minimum absolute atomic E-state index is 0.195. The fourth-order valence-corrected chi connectivity index (χ4v) is 3.82. The summed E-state index contributed by atoms with van der Waals surface area (Å²) in [6, 6.07) is 15.4. The summed E-state index contributed by atoms with van der Waals surface area (Å²) >= 11 is 0. The van der Waals surface area contributed by atoms with E-state index in [1.165, 1.54) is 5.01 Å². The molecule has 0 saturated heterocycles. The van der Waals surface area contributed by atoms with Gasteiger partial charge < -0.3 is 14.7 Å². The van der Waals surface area contributed by atoms with E-state index in [0.717, 1.165) is 29.9 Å². The van der Waals surface area contributed by atoms with Gasteiger partial charge in [0.2, 0.25) is 17.6 Å². The highest BCUT2D eigenvalue weighted by atomic mass is 16.5. The van der Waals surface area contributed by atoms with Crippen LogP contribution >= 0.6 is 0 Å². The summed E-state index contributed by atoms with van der Waals surface area (Å²) in [5, 5.41) is 12.4. The molecule has 0 atom stereocenters. The maximum atomic E-state index is 12.7. The number of hydrogen-bond donors (Lipinski definition) is 1. The molecule has 1 N–H and O–H groups in total. The molecule has 4 rings (SSSR count).